The van der Waals surface area contributed by atoms with Crippen molar-refractivity contribution < 1.29 is 9.72 Å². The molecule has 0 radical (unpaired) electrons. The van der Waals surface area contributed by atoms with E-state index >= 15 is 0 Å². The van der Waals surface area contributed by atoms with Gasteiger partial charge in [-0.3, -0.25) is 14.9 Å². The zero-order valence-corrected chi connectivity index (χ0v) is 13.7. The number of hydrazone groups is 1. The summed E-state index contributed by atoms with van der Waals surface area (Å²) < 4.78 is 0. The van der Waals surface area contributed by atoms with Crippen molar-refractivity contribution in [3.63, 3.8) is 0 Å². The van der Waals surface area contributed by atoms with Gasteiger partial charge >= 0.3 is 0 Å². The Morgan fingerprint density at radius 3 is 2.19 bits per heavy atom. The Morgan fingerprint density at radius 2 is 1.50 bits per heavy atom. The van der Waals surface area contributed by atoms with Crippen LogP contribution in [-0.4, -0.2) is 17.0 Å². The highest BCUT2D eigenvalue weighted by atomic mass is 16.6. The number of para-hydroxylation sites is 1. The Labute approximate surface area is 150 Å². The minimum absolute atomic E-state index is 0.0333. The Hall–Kier alpha value is -3.80. The molecule has 0 aliphatic carbocycles. The zero-order valence-electron chi connectivity index (χ0n) is 13.7. The molecule has 0 aromatic heterocycles. The van der Waals surface area contributed by atoms with Gasteiger partial charge < -0.3 is 0 Å². The van der Waals surface area contributed by atoms with Crippen LogP contribution in [0.15, 0.2) is 84.0 Å². The number of nitrogens with one attached hydrogen (secondary N) is 1. The number of nitro benzene ring substituents is 1. The van der Waals surface area contributed by atoms with Crippen molar-refractivity contribution in [3.8, 4) is 11.1 Å². The highest BCUT2D eigenvalue weighted by Crippen LogP contribution is 2.19. The van der Waals surface area contributed by atoms with Gasteiger partial charge in [-0.25, -0.2) is 5.43 Å². The van der Waals surface area contributed by atoms with E-state index in [2.05, 4.69) is 10.5 Å². The minimum Gasteiger partial charge on any atom is -0.267 e. The molecular weight excluding hydrogens is 330 g/mol. The number of carbonyl (C=O) groups is 1. The molecule has 3 rings (SSSR count). The largest absolute Gasteiger partial charge is 0.282 e. The number of carbonyl (C=O) groups excluding carboxylic acids is 1. The monoisotopic (exact) mass is 345 g/mol. The van der Waals surface area contributed by atoms with Crippen molar-refractivity contribution in [1.29, 1.82) is 0 Å². The molecule has 0 fully saturated rings. The van der Waals surface area contributed by atoms with Crippen LogP contribution in [-0.2, 0) is 0 Å². The molecule has 3 aromatic rings. The first-order valence-electron chi connectivity index (χ1n) is 7.87. The van der Waals surface area contributed by atoms with Crippen molar-refractivity contribution in [2.45, 2.75) is 0 Å². The second-order valence-electron chi connectivity index (χ2n) is 5.46. The van der Waals surface area contributed by atoms with E-state index in [1.54, 1.807) is 6.07 Å². The molecule has 0 saturated heterocycles. The fourth-order valence-electron chi connectivity index (χ4n) is 2.44. The molecule has 1 N–H and O–H groups in total. The third kappa shape index (κ3) is 3.99. The molecule has 0 heterocycles. The minimum atomic E-state index is -0.630. The first kappa shape index (κ1) is 17.0. The first-order valence-corrected chi connectivity index (χ1v) is 7.87. The molecule has 0 aliphatic rings. The second kappa shape index (κ2) is 7.85. The molecule has 3 aromatic carbocycles. The van der Waals surface area contributed by atoms with E-state index < -0.39 is 10.8 Å². The Bertz CT molecular complexity index is 952. The topological polar surface area (TPSA) is 84.6 Å². The fraction of sp³-hybridized carbons (Fsp3) is 0. The molecule has 26 heavy (non-hydrogen) atoms. The molecule has 0 atom stereocenters. The van der Waals surface area contributed by atoms with Gasteiger partial charge in [0.15, 0.2) is 0 Å². The van der Waals surface area contributed by atoms with Crippen molar-refractivity contribution in [2.24, 2.45) is 5.10 Å². The number of nitrogens with zero attached hydrogens (tertiary/aromatic N) is 2. The smallest absolute Gasteiger partial charge is 0.267 e. The number of hydrogen-bond donors (Lipinski definition) is 1. The van der Waals surface area contributed by atoms with Crippen LogP contribution in [0.1, 0.15) is 15.9 Å². The lowest BCUT2D eigenvalue weighted by Crippen LogP contribution is -2.18. The molecule has 0 bridgehead atoms. The number of rotatable bonds is 5. The highest BCUT2D eigenvalue weighted by molar-refractivity contribution is 5.98. The van der Waals surface area contributed by atoms with Crippen LogP contribution in [0.5, 0.6) is 0 Å². The summed E-state index contributed by atoms with van der Waals surface area (Å²) >= 11 is 0. The summed E-state index contributed by atoms with van der Waals surface area (Å²) in [7, 11) is 0. The van der Waals surface area contributed by atoms with Gasteiger partial charge in [0.05, 0.1) is 11.1 Å². The molecule has 6 nitrogen and oxygen atoms in total. The second-order valence-corrected chi connectivity index (χ2v) is 5.46. The predicted octanol–water partition coefficient (Wildman–Crippen LogP) is 4.03. The summed E-state index contributed by atoms with van der Waals surface area (Å²) in [4.78, 5) is 22.4. The molecule has 1 amide bonds. The Kier molecular flexibility index (Phi) is 5.14. The van der Waals surface area contributed by atoms with Crippen LogP contribution in [0, 0.1) is 10.1 Å². The fourth-order valence-corrected chi connectivity index (χ4v) is 2.44. The van der Waals surface area contributed by atoms with Crippen molar-refractivity contribution in [3.05, 3.63) is 100 Å². The lowest BCUT2D eigenvalue weighted by molar-refractivity contribution is -0.385. The van der Waals surface area contributed by atoms with Crippen molar-refractivity contribution in [2.75, 3.05) is 0 Å². The maximum atomic E-state index is 12.1. The average molecular weight is 345 g/mol. The zero-order chi connectivity index (χ0) is 18.4. The lowest BCUT2D eigenvalue weighted by atomic mass is 10.0. The highest BCUT2D eigenvalue weighted by Gasteiger charge is 2.18. The van der Waals surface area contributed by atoms with Gasteiger partial charge in [0.2, 0.25) is 0 Å². The molecule has 0 aliphatic heterocycles. The summed E-state index contributed by atoms with van der Waals surface area (Å²) in [6, 6.07) is 23.4. The van der Waals surface area contributed by atoms with Crippen LogP contribution < -0.4 is 5.43 Å². The average Bonchev–Trinajstić information content (AvgIpc) is 2.69. The SMILES string of the molecule is O=C(N/N=C/c1ccc(-c2ccccc2)cc1)c1ccccc1[N+](=O)[O-]. The molecule has 6 heteroatoms. The number of benzene rings is 3. The van der Waals surface area contributed by atoms with Gasteiger partial charge in [-0.1, -0.05) is 66.7 Å². The maximum absolute atomic E-state index is 12.1. The molecule has 0 unspecified atom stereocenters. The van der Waals surface area contributed by atoms with Gasteiger partial charge in [-0.2, -0.15) is 5.10 Å². The molecule has 0 saturated carbocycles. The van der Waals surface area contributed by atoms with E-state index in [9.17, 15) is 14.9 Å². The summed E-state index contributed by atoms with van der Waals surface area (Å²) in [5, 5.41) is 14.8. The predicted molar refractivity (Wildman–Crippen MR) is 100 cm³/mol. The molecule has 128 valence electrons. The molecule has 0 spiro atoms. The van der Waals surface area contributed by atoms with Gasteiger partial charge in [0.25, 0.3) is 11.6 Å². The third-order valence-electron chi connectivity index (χ3n) is 3.74. The van der Waals surface area contributed by atoms with E-state index in [-0.39, 0.29) is 11.3 Å². The van der Waals surface area contributed by atoms with E-state index in [0.717, 1.165) is 16.7 Å². The number of nitro groups is 1. The van der Waals surface area contributed by atoms with Crippen LogP contribution in [0.25, 0.3) is 11.1 Å². The van der Waals surface area contributed by atoms with Crippen LogP contribution in [0.4, 0.5) is 5.69 Å². The molecular formula is C20H15N3O3. The normalized spacial score (nSPS) is 10.6. The van der Waals surface area contributed by atoms with Crippen molar-refractivity contribution in [1.82, 2.24) is 5.43 Å². The van der Waals surface area contributed by atoms with Crippen molar-refractivity contribution >= 4 is 17.8 Å². The lowest BCUT2D eigenvalue weighted by Gasteiger charge is -2.02. The van der Waals surface area contributed by atoms with E-state index in [0.29, 0.717) is 0 Å². The van der Waals surface area contributed by atoms with Gasteiger partial charge in [0.1, 0.15) is 5.56 Å². The van der Waals surface area contributed by atoms with Crippen LogP contribution in [0.2, 0.25) is 0 Å². The third-order valence-corrected chi connectivity index (χ3v) is 3.74. The van der Waals surface area contributed by atoms with Gasteiger partial charge in [0, 0.05) is 6.07 Å². The standard InChI is InChI=1S/C20H15N3O3/c24-20(18-8-4-5-9-19(18)23(25)26)22-21-14-15-10-12-17(13-11-15)16-6-2-1-3-7-16/h1-14H,(H,22,24)/b21-14+. The van der Waals surface area contributed by atoms with E-state index in [1.807, 2.05) is 54.6 Å². The Morgan fingerprint density at radius 1 is 0.885 bits per heavy atom. The van der Waals surface area contributed by atoms with Gasteiger partial charge in [-0.05, 0) is 22.8 Å². The van der Waals surface area contributed by atoms with Gasteiger partial charge in [-0.15, -0.1) is 0 Å². The summed E-state index contributed by atoms with van der Waals surface area (Å²) in [6.45, 7) is 0. The summed E-state index contributed by atoms with van der Waals surface area (Å²) in [5.74, 6) is -0.630. The number of amides is 1. The van der Waals surface area contributed by atoms with Crippen LogP contribution in [0.3, 0.4) is 0 Å². The van der Waals surface area contributed by atoms with Crippen LogP contribution >= 0.6 is 0 Å². The van der Waals surface area contributed by atoms with E-state index in [4.69, 9.17) is 0 Å². The first-order chi connectivity index (χ1) is 12.6. The maximum Gasteiger partial charge on any atom is 0.282 e. The van der Waals surface area contributed by atoms with E-state index in [1.165, 1.54) is 24.4 Å². The Balaban J connectivity index is 1.67. The summed E-state index contributed by atoms with van der Waals surface area (Å²) in [6.07, 6.45) is 1.49. The number of hydrogen-bond acceptors (Lipinski definition) is 4. The quantitative estimate of drug-likeness (QED) is 0.430. The summed E-state index contributed by atoms with van der Waals surface area (Å²) in [5.41, 5.74) is 5.01.